The molecule has 8 heteroatoms. The Labute approximate surface area is 141 Å². The molecule has 5 nitrogen and oxygen atoms in total. The molecule has 25 heavy (non-hydrogen) atoms. The molecular weight excluding hydrogens is 335 g/mol. The predicted octanol–water partition coefficient (Wildman–Crippen LogP) is 2.88. The summed E-state index contributed by atoms with van der Waals surface area (Å²) in [5, 5.41) is 8.74. The molecule has 1 fully saturated rings. The number of halogens is 3. The number of rotatable bonds is 3. The summed E-state index contributed by atoms with van der Waals surface area (Å²) in [6.07, 6.45) is -4.04. The molecule has 2 aromatic rings. The number of carbonyl (C=O) groups excluding carboxylic acids is 1. The molecule has 1 aromatic carbocycles. The Morgan fingerprint density at radius 2 is 1.88 bits per heavy atom. The highest BCUT2D eigenvalue weighted by Crippen LogP contribution is 2.29. The van der Waals surface area contributed by atoms with Gasteiger partial charge in [-0.2, -0.15) is 18.4 Å². The molecule has 1 aliphatic heterocycles. The number of nitriles is 1. The summed E-state index contributed by atoms with van der Waals surface area (Å²) in [6, 6.07) is 10.3. The Bertz CT molecular complexity index is 805. The van der Waals surface area contributed by atoms with Crippen LogP contribution in [0, 0.1) is 11.3 Å². The Morgan fingerprint density at radius 3 is 2.40 bits per heavy atom. The summed E-state index contributed by atoms with van der Waals surface area (Å²) in [5.74, 6) is -0.104. The van der Waals surface area contributed by atoms with Crippen molar-refractivity contribution in [2.45, 2.75) is 12.3 Å². The van der Waals surface area contributed by atoms with Crippen LogP contribution in [0.3, 0.4) is 0 Å². The van der Waals surface area contributed by atoms with Crippen LogP contribution in [-0.4, -0.2) is 35.0 Å². The van der Waals surface area contributed by atoms with Crippen LogP contribution in [0.25, 0.3) is 0 Å². The van der Waals surface area contributed by atoms with E-state index in [2.05, 4.69) is 4.98 Å². The number of amides is 1. The van der Waals surface area contributed by atoms with Gasteiger partial charge in [0.25, 0.3) is 5.91 Å². The summed E-state index contributed by atoms with van der Waals surface area (Å²) in [4.78, 5) is 17.4. The van der Waals surface area contributed by atoms with Crippen molar-refractivity contribution in [2.75, 3.05) is 13.1 Å². The van der Waals surface area contributed by atoms with Gasteiger partial charge in [0, 0.05) is 17.8 Å². The Hall–Kier alpha value is -3.08. The molecule has 2 heterocycles. The van der Waals surface area contributed by atoms with Gasteiger partial charge in [0.2, 0.25) is 5.88 Å². The van der Waals surface area contributed by atoms with Crippen molar-refractivity contribution in [1.82, 2.24) is 9.88 Å². The molecule has 0 saturated carbocycles. The third-order valence-electron chi connectivity index (χ3n) is 3.75. The largest absolute Gasteiger partial charge is 0.471 e. The molecule has 0 unspecified atom stereocenters. The van der Waals surface area contributed by atoms with Crippen LogP contribution in [-0.2, 0) is 6.18 Å². The van der Waals surface area contributed by atoms with Crippen molar-refractivity contribution < 1.29 is 22.7 Å². The maximum atomic E-state index is 12.5. The number of carbonyl (C=O) groups is 1. The van der Waals surface area contributed by atoms with E-state index in [-0.39, 0.29) is 17.9 Å². The van der Waals surface area contributed by atoms with E-state index in [0.717, 1.165) is 12.1 Å². The van der Waals surface area contributed by atoms with Crippen LogP contribution >= 0.6 is 0 Å². The maximum absolute atomic E-state index is 12.5. The lowest BCUT2D eigenvalue weighted by Crippen LogP contribution is -2.56. The summed E-state index contributed by atoms with van der Waals surface area (Å²) in [7, 11) is 0. The van der Waals surface area contributed by atoms with Crippen molar-refractivity contribution >= 4 is 5.91 Å². The molecule has 0 bridgehead atoms. The van der Waals surface area contributed by atoms with Gasteiger partial charge in [0.05, 0.1) is 30.3 Å². The zero-order chi connectivity index (χ0) is 18.0. The second kappa shape index (κ2) is 6.43. The van der Waals surface area contributed by atoms with Gasteiger partial charge in [0.15, 0.2) is 0 Å². The van der Waals surface area contributed by atoms with E-state index in [0.29, 0.717) is 30.4 Å². The van der Waals surface area contributed by atoms with E-state index >= 15 is 0 Å². The third kappa shape index (κ3) is 3.71. The van der Waals surface area contributed by atoms with E-state index in [4.69, 9.17) is 10.00 Å². The number of ether oxygens (including phenoxy) is 1. The zero-order valence-corrected chi connectivity index (χ0v) is 12.8. The Balaban J connectivity index is 1.54. The van der Waals surface area contributed by atoms with Gasteiger partial charge in [-0.15, -0.1) is 0 Å². The highest BCUT2D eigenvalue weighted by molar-refractivity contribution is 5.94. The lowest BCUT2D eigenvalue weighted by atomic mass is 10.1. The lowest BCUT2D eigenvalue weighted by Gasteiger charge is -2.38. The second-order valence-electron chi connectivity index (χ2n) is 5.52. The molecule has 128 valence electrons. The van der Waals surface area contributed by atoms with Gasteiger partial charge in [-0.25, -0.2) is 4.98 Å². The third-order valence-corrected chi connectivity index (χ3v) is 3.75. The number of nitrogens with zero attached hydrogens (tertiary/aromatic N) is 3. The van der Waals surface area contributed by atoms with Crippen molar-refractivity contribution in [1.29, 1.82) is 5.26 Å². The van der Waals surface area contributed by atoms with Gasteiger partial charge in [-0.1, -0.05) is 0 Å². The number of hydrogen-bond acceptors (Lipinski definition) is 4. The molecule has 0 N–H and O–H groups in total. The molecule has 1 aliphatic rings. The quantitative estimate of drug-likeness (QED) is 0.856. The number of benzene rings is 1. The average Bonchev–Trinajstić information content (AvgIpc) is 2.57. The lowest BCUT2D eigenvalue weighted by molar-refractivity contribution is -0.137. The first-order valence-corrected chi connectivity index (χ1v) is 7.36. The topological polar surface area (TPSA) is 66.2 Å². The van der Waals surface area contributed by atoms with E-state index in [9.17, 15) is 18.0 Å². The molecule has 1 aromatic heterocycles. The van der Waals surface area contributed by atoms with Crippen LogP contribution in [0.4, 0.5) is 13.2 Å². The predicted molar refractivity (Wildman–Crippen MR) is 80.7 cm³/mol. The van der Waals surface area contributed by atoms with Gasteiger partial charge in [-0.3, -0.25) is 4.79 Å². The van der Waals surface area contributed by atoms with Crippen LogP contribution in [0.2, 0.25) is 0 Å². The zero-order valence-electron chi connectivity index (χ0n) is 12.8. The molecular formula is C17H12F3N3O2. The highest BCUT2D eigenvalue weighted by Gasteiger charge is 2.34. The van der Waals surface area contributed by atoms with E-state index < -0.39 is 11.7 Å². The molecule has 0 spiro atoms. The molecule has 1 saturated heterocycles. The minimum Gasteiger partial charge on any atom is -0.471 e. The van der Waals surface area contributed by atoms with E-state index in [1.807, 2.05) is 6.07 Å². The first-order chi connectivity index (χ1) is 11.9. The molecule has 0 radical (unpaired) electrons. The van der Waals surface area contributed by atoms with Crippen LogP contribution in [0.5, 0.6) is 5.88 Å². The molecule has 0 aliphatic carbocycles. The van der Waals surface area contributed by atoms with Gasteiger partial charge in [0.1, 0.15) is 6.10 Å². The van der Waals surface area contributed by atoms with E-state index in [1.165, 1.54) is 0 Å². The van der Waals surface area contributed by atoms with Crippen LogP contribution in [0.1, 0.15) is 21.5 Å². The van der Waals surface area contributed by atoms with Crippen LogP contribution in [0.15, 0.2) is 42.6 Å². The molecule has 0 atom stereocenters. The number of pyridine rings is 1. The first kappa shape index (κ1) is 16.8. The normalized spacial score (nSPS) is 14.6. The fraction of sp³-hybridized carbons (Fsp3) is 0.235. The fourth-order valence-corrected chi connectivity index (χ4v) is 2.34. The van der Waals surface area contributed by atoms with Crippen molar-refractivity contribution in [3.63, 3.8) is 0 Å². The minimum absolute atomic E-state index is 0.0865. The monoisotopic (exact) mass is 347 g/mol. The van der Waals surface area contributed by atoms with Gasteiger partial charge in [-0.05, 0) is 30.3 Å². The maximum Gasteiger partial charge on any atom is 0.417 e. The smallest absolute Gasteiger partial charge is 0.417 e. The first-order valence-electron chi connectivity index (χ1n) is 7.36. The Kier molecular flexibility index (Phi) is 4.31. The minimum atomic E-state index is -4.44. The standard InChI is InChI=1S/C17H12F3N3O2/c18-17(19,20)13-5-6-15(22-8-13)25-14-9-23(10-14)16(24)12-3-1-11(7-21)2-4-12/h1-6,8,14H,9-10H2. The number of likely N-dealkylation sites (tertiary alicyclic amines) is 1. The van der Waals surface area contributed by atoms with Crippen LogP contribution < -0.4 is 4.74 Å². The fourth-order valence-electron chi connectivity index (χ4n) is 2.34. The number of alkyl halides is 3. The second-order valence-corrected chi connectivity index (χ2v) is 5.52. The van der Waals surface area contributed by atoms with Gasteiger partial charge >= 0.3 is 6.18 Å². The Morgan fingerprint density at radius 1 is 1.20 bits per heavy atom. The molecule has 1 amide bonds. The summed E-state index contributed by atoms with van der Waals surface area (Å²) < 4.78 is 42.9. The highest BCUT2D eigenvalue weighted by atomic mass is 19.4. The SMILES string of the molecule is N#Cc1ccc(C(=O)N2CC(Oc3ccc(C(F)(F)F)cn3)C2)cc1. The van der Waals surface area contributed by atoms with Crippen molar-refractivity contribution in [3.8, 4) is 11.9 Å². The summed E-state index contributed by atoms with van der Waals surface area (Å²) >= 11 is 0. The average molecular weight is 347 g/mol. The van der Waals surface area contributed by atoms with E-state index in [1.54, 1.807) is 29.2 Å². The summed E-state index contributed by atoms with van der Waals surface area (Å²) in [6.45, 7) is 0.642. The van der Waals surface area contributed by atoms with Gasteiger partial charge < -0.3 is 9.64 Å². The van der Waals surface area contributed by atoms with Crippen molar-refractivity contribution in [3.05, 3.63) is 59.3 Å². The number of aromatic nitrogens is 1. The molecule has 3 rings (SSSR count). The number of hydrogen-bond donors (Lipinski definition) is 0. The summed E-state index contributed by atoms with van der Waals surface area (Å²) in [5.41, 5.74) is 0.0888. The van der Waals surface area contributed by atoms with Crippen molar-refractivity contribution in [2.24, 2.45) is 0 Å².